The summed E-state index contributed by atoms with van der Waals surface area (Å²) in [4.78, 5) is 12.7. The number of hydrogen-bond donors (Lipinski definition) is 3. The second-order valence-electron chi connectivity index (χ2n) is 7.37. The predicted octanol–water partition coefficient (Wildman–Crippen LogP) is 1.84. The van der Waals surface area contributed by atoms with E-state index in [2.05, 4.69) is 10.5 Å². The maximum absolute atomic E-state index is 12.7. The Bertz CT molecular complexity index is 398. The molecule has 112 valence electrons. The van der Waals surface area contributed by atoms with Crippen LogP contribution in [0.15, 0.2) is 5.16 Å². The molecule has 4 fully saturated rings. The average molecular weight is 279 g/mol. The molecular formula is C15H25N3O2. The lowest BCUT2D eigenvalue weighted by Gasteiger charge is -2.55. The molecule has 0 radical (unpaired) electrons. The number of amidine groups is 1. The highest BCUT2D eigenvalue weighted by Crippen LogP contribution is 2.60. The number of carbonyl (C=O) groups is 1. The van der Waals surface area contributed by atoms with Crippen LogP contribution in [0.25, 0.3) is 0 Å². The first kappa shape index (κ1) is 13.7. The predicted molar refractivity (Wildman–Crippen MR) is 76.2 cm³/mol. The standard InChI is InChI=1S/C15H25N3O2/c1-9(2-13(16)18-20)17-14(19)15-6-10-3-11(7-15)5-12(4-10)8-15/h9-12,20H,2-8H2,1H3,(H2,16,18)(H,17,19). The Morgan fingerprint density at radius 2 is 1.80 bits per heavy atom. The van der Waals surface area contributed by atoms with Crippen LogP contribution in [0.2, 0.25) is 0 Å². The van der Waals surface area contributed by atoms with Crippen LogP contribution in [-0.2, 0) is 4.79 Å². The van der Waals surface area contributed by atoms with Crippen molar-refractivity contribution in [2.75, 3.05) is 0 Å². The fourth-order valence-corrected chi connectivity index (χ4v) is 5.17. The number of nitrogens with zero attached hydrogens (tertiary/aromatic N) is 1. The number of carbonyl (C=O) groups excluding carboxylic acids is 1. The highest BCUT2D eigenvalue weighted by Gasteiger charge is 2.54. The highest BCUT2D eigenvalue weighted by molar-refractivity contribution is 5.85. The van der Waals surface area contributed by atoms with E-state index in [1.165, 1.54) is 19.3 Å². The third kappa shape index (κ3) is 2.38. The SMILES string of the molecule is CC(CC(N)=NO)NC(=O)C12CC3CC(CC(C3)C1)C2. The molecule has 4 saturated carbocycles. The van der Waals surface area contributed by atoms with Crippen LogP contribution in [0.3, 0.4) is 0 Å². The van der Waals surface area contributed by atoms with Crippen molar-refractivity contribution in [3.05, 3.63) is 0 Å². The molecule has 0 aromatic carbocycles. The molecule has 1 amide bonds. The van der Waals surface area contributed by atoms with Gasteiger partial charge in [-0.1, -0.05) is 5.16 Å². The van der Waals surface area contributed by atoms with Crippen LogP contribution in [0, 0.1) is 23.2 Å². The topological polar surface area (TPSA) is 87.7 Å². The van der Waals surface area contributed by atoms with E-state index in [1.807, 2.05) is 6.92 Å². The van der Waals surface area contributed by atoms with Gasteiger partial charge in [-0.3, -0.25) is 4.79 Å². The molecule has 4 aliphatic rings. The van der Waals surface area contributed by atoms with Gasteiger partial charge in [0.25, 0.3) is 0 Å². The lowest BCUT2D eigenvalue weighted by Crippen LogP contribution is -2.55. The Hall–Kier alpha value is -1.26. The minimum atomic E-state index is -0.117. The Morgan fingerprint density at radius 3 is 2.25 bits per heavy atom. The van der Waals surface area contributed by atoms with Crippen LogP contribution >= 0.6 is 0 Å². The lowest BCUT2D eigenvalue weighted by atomic mass is 9.49. The second kappa shape index (κ2) is 4.93. The van der Waals surface area contributed by atoms with Gasteiger partial charge >= 0.3 is 0 Å². The van der Waals surface area contributed by atoms with Crippen LogP contribution in [0.5, 0.6) is 0 Å². The van der Waals surface area contributed by atoms with Crippen molar-refractivity contribution < 1.29 is 10.0 Å². The number of nitrogens with two attached hydrogens (primary N) is 1. The van der Waals surface area contributed by atoms with Gasteiger partial charge in [-0.15, -0.1) is 0 Å². The second-order valence-corrected chi connectivity index (χ2v) is 7.37. The minimum Gasteiger partial charge on any atom is -0.409 e. The Morgan fingerprint density at radius 1 is 1.30 bits per heavy atom. The smallest absolute Gasteiger partial charge is 0.226 e. The van der Waals surface area contributed by atoms with E-state index in [4.69, 9.17) is 10.9 Å². The van der Waals surface area contributed by atoms with Crippen LogP contribution < -0.4 is 11.1 Å². The van der Waals surface area contributed by atoms with E-state index in [0.717, 1.165) is 37.0 Å². The molecule has 5 nitrogen and oxygen atoms in total. The molecule has 4 rings (SSSR count). The van der Waals surface area contributed by atoms with Crippen molar-refractivity contribution in [2.24, 2.45) is 34.1 Å². The van der Waals surface area contributed by atoms with E-state index in [1.54, 1.807) is 0 Å². The van der Waals surface area contributed by atoms with E-state index >= 15 is 0 Å². The van der Waals surface area contributed by atoms with Gasteiger partial charge in [-0.25, -0.2) is 0 Å². The quantitative estimate of drug-likeness (QED) is 0.317. The molecule has 1 unspecified atom stereocenters. The third-order valence-electron chi connectivity index (χ3n) is 5.54. The molecule has 4 bridgehead atoms. The summed E-state index contributed by atoms with van der Waals surface area (Å²) < 4.78 is 0. The van der Waals surface area contributed by atoms with Crippen molar-refractivity contribution in [1.82, 2.24) is 5.32 Å². The summed E-state index contributed by atoms with van der Waals surface area (Å²) in [6.07, 6.45) is 7.63. The molecule has 0 saturated heterocycles. The van der Waals surface area contributed by atoms with Crippen LogP contribution in [-0.4, -0.2) is 23.0 Å². The highest BCUT2D eigenvalue weighted by atomic mass is 16.4. The van der Waals surface area contributed by atoms with Crippen molar-refractivity contribution in [1.29, 1.82) is 0 Å². The molecular weight excluding hydrogens is 254 g/mol. The zero-order valence-corrected chi connectivity index (χ0v) is 12.1. The minimum absolute atomic E-state index is 0.0774. The van der Waals surface area contributed by atoms with Crippen molar-refractivity contribution in [3.63, 3.8) is 0 Å². The number of rotatable bonds is 4. The Labute approximate surface area is 120 Å². The number of amides is 1. The summed E-state index contributed by atoms with van der Waals surface area (Å²) in [6.45, 7) is 1.91. The van der Waals surface area contributed by atoms with E-state index in [-0.39, 0.29) is 23.2 Å². The van der Waals surface area contributed by atoms with Gasteiger partial charge in [0.05, 0.1) is 0 Å². The number of hydrogen-bond acceptors (Lipinski definition) is 3. The van der Waals surface area contributed by atoms with E-state index in [0.29, 0.717) is 6.42 Å². The number of oxime groups is 1. The molecule has 20 heavy (non-hydrogen) atoms. The first-order chi connectivity index (χ1) is 9.50. The molecule has 0 aromatic heterocycles. The molecule has 0 aromatic rings. The summed E-state index contributed by atoms with van der Waals surface area (Å²) in [5.74, 6) is 2.68. The summed E-state index contributed by atoms with van der Waals surface area (Å²) in [5, 5.41) is 14.7. The first-order valence-electron chi connectivity index (χ1n) is 7.78. The maximum Gasteiger partial charge on any atom is 0.226 e. The van der Waals surface area contributed by atoms with Crippen molar-refractivity contribution in [2.45, 2.75) is 57.9 Å². The monoisotopic (exact) mass is 279 g/mol. The van der Waals surface area contributed by atoms with Gasteiger partial charge in [0.15, 0.2) is 0 Å². The van der Waals surface area contributed by atoms with Crippen LogP contribution in [0.4, 0.5) is 0 Å². The Kier molecular flexibility index (Phi) is 3.38. The van der Waals surface area contributed by atoms with E-state index in [9.17, 15) is 4.79 Å². The molecule has 0 spiro atoms. The third-order valence-corrected chi connectivity index (χ3v) is 5.54. The van der Waals surface area contributed by atoms with Crippen molar-refractivity contribution in [3.8, 4) is 0 Å². The van der Waals surface area contributed by atoms with Gasteiger partial charge < -0.3 is 16.3 Å². The molecule has 0 aliphatic heterocycles. The van der Waals surface area contributed by atoms with Gasteiger partial charge in [0.2, 0.25) is 5.91 Å². The summed E-state index contributed by atoms with van der Waals surface area (Å²) in [6, 6.07) is -0.0774. The lowest BCUT2D eigenvalue weighted by molar-refractivity contribution is -0.146. The fraction of sp³-hybridized carbons (Fsp3) is 0.867. The van der Waals surface area contributed by atoms with Gasteiger partial charge in [-0.05, 0) is 63.2 Å². The average Bonchev–Trinajstić information content (AvgIpc) is 2.36. The first-order valence-corrected chi connectivity index (χ1v) is 7.78. The van der Waals surface area contributed by atoms with E-state index < -0.39 is 0 Å². The fourth-order valence-electron chi connectivity index (χ4n) is 5.17. The van der Waals surface area contributed by atoms with Crippen LogP contribution in [0.1, 0.15) is 51.9 Å². The summed E-state index contributed by atoms with van der Waals surface area (Å²) >= 11 is 0. The largest absolute Gasteiger partial charge is 0.409 e. The molecule has 1 atom stereocenters. The molecule has 0 heterocycles. The summed E-state index contributed by atoms with van der Waals surface area (Å²) in [7, 11) is 0. The Balaban J connectivity index is 1.65. The zero-order valence-electron chi connectivity index (χ0n) is 12.1. The van der Waals surface area contributed by atoms with Crippen molar-refractivity contribution >= 4 is 11.7 Å². The molecule has 4 aliphatic carbocycles. The maximum atomic E-state index is 12.7. The van der Waals surface area contributed by atoms with Gasteiger partial charge in [0, 0.05) is 17.9 Å². The molecule has 5 heteroatoms. The zero-order chi connectivity index (χ0) is 14.3. The van der Waals surface area contributed by atoms with Gasteiger partial charge in [-0.2, -0.15) is 0 Å². The van der Waals surface area contributed by atoms with Gasteiger partial charge in [0.1, 0.15) is 5.84 Å². The molecule has 4 N–H and O–H groups in total. The number of nitrogens with one attached hydrogen (secondary N) is 1. The summed E-state index contributed by atoms with van der Waals surface area (Å²) in [5.41, 5.74) is 5.39. The normalized spacial score (nSPS) is 40.6.